The van der Waals surface area contributed by atoms with Crippen LogP contribution in [0.5, 0.6) is 5.75 Å². The minimum atomic E-state index is -0.211. The zero-order valence-electron chi connectivity index (χ0n) is 11.6. The molecule has 0 aliphatic heterocycles. The molecule has 2 aromatic rings. The number of carbonyl (C=O) groups excluding carboxylic acids is 1. The van der Waals surface area contributed by atoms with Gasteiger partial charge in [0.05, 0.1) is 0 Å². The molecule has 1 aliphatic carbocycles. The molecule has 4 heteroatoms. The minimum Gasteiger partial charge on any atom is -0.508 e. The van der Waals surface area contributed by atoms with Crippen molar-refractivity contribution in [1.82, 2.24) is 0 Å². The summed E-state index contributed by atoms with van der Waals surface area (Å²) in [4.78, 5) is 12.2. The van der Waals surface area contributed by atoms with Gasteiger partial charge in [0.2, 0.25) is 5.78 Å². The number of oxime groups is 1. The van der Waals surface area contributed by atoms with Crippen LogP contribution in [0.4, 0.5) is 0 Å². The monoisotopic (exact) mass is 281 g/mol. The third-order valence-corrected chi connectivity index (χ3v) is 3.89. The molecule has 0 atom stereocenters. The fourth-order valence-electron chi connectivity index (χ4n) is 2.76. The summed E-state index contributed by atoms with van der Waals surface area (Å²) in [6, 6.07) is 10.9. The van der Waals surface area contributed by atoms with Crippen molar-refractivity contribution in [2.24, 2.45) is 5.16 Å². The number of phenolic OH excluding ortho intramolecular Hbond substituents is 1. The molecule has 0 fully saturated rings. The lowest BCUT2D eigenvalue weighted by Crippen LogP contribution is -2.22. The fraction of sp³-hybridized carbons (Fsp3) is 0.176. The highest BCUT2D eigenvalue weighted by atomic mass is 16.4. The topological polar surface area (TPSA) is 69.9 Å². The third-order valence-electron chi connectivity index (χ3n) is 3.89. The van der Waals surface area contributed by atoms with Gasteiger partial charge in [-0.25, -0.2) is 0 Å². The maximum absolute atomic E-state index is 12.2. The first kappa shape index (κ1) is 13.4. The lowest BCUT2D eigenvalue weighted by atomic mass is 9.86. The van der Waals surface area contributed by atoms with E-state index in [1.165, 1.54) is 0 Å². The number of benzene rings is 2. The normalized spacial score (nSPS) is 16.0. The largest absolute Gasteiger partial charge is 0.508 e. The van der Waals surface area contributed by atoms with Crippen LogP contribution in [-0.2, 0) is 6.42 Å². The molecule has 1 aliphatic rings. The van der Waals surface area contributed by atoms with Crippen LogP contribution in [0, 0.1) is 6.92 Å². The second-order valence-electron chi connectivity index (χ2n) is 5.25. The standard InChI is InChI=1S/C17H15NO3/c1-10-8-13(19)5-6-14(10)12-3-2-11-4-7-16(18-21)17(20)15(11)9-12/h2-3,5-6,8-9,19,21H,4,7H2,1H3/b18-16-. The van der Waals surface area contributed by atoms with Gasteiger partial charge in [0.1, 0.15) is 11.5 Å². The number of fused-ring (bicyclic) bond motifs is 1. The maximum Gasteiger partial charge on any atom is 0.210 e. The van der Waals surface area contributed by atoms with Crippen molar-refractivity contribution in [3.63, 3.8) is 0 Å². The predicted octanol–water partition coefficient (Wildman–Crippen LogP) is 3.33. The van der Waals surface area contributed by atoms with Gasteiger partial charge in [-0.15, -0.1) is 0 Å². The summed E-state index contributed by atoms with van der Waals surface area (Å²) < 4.78 is 0. The first-order valence-corrected chi connectivity index (χ1v) is 6.78. The molecule has 21 heavy (non-hydrogen) atoms. The van der Waals surface area contributed by atoms with Gasteiger partial charge in [0, 0.05) is 12.0 Å². The van der Waals surface area contributed by atoms with Crippen molar-refractivity contribution in [3.05, 3.63) is 53.1 Å². The molecule has 0 amide bonds. The maximum atomic E-state index is 12.2. The Balaban J connectivity index is 2.11. The molecular formula is C17H15NO3. The first-order chi connectivity index (χ1) is 10.1. The second-order valence-corrected chi connectivity index (χ2v) is 5.25. The predicted molar refractivity (Wildman–Crippen MR) is 80.2 cm³/mol. The molecule has 106 valence electrons. The van der Waals surface area contributed by atoms with Gasteiger partial charge in [-0.2, -0.15) is 0 Å². The fourth-order valence-corrected chi connectivity index (χ4v) is 2.76. The van der Waals surface area contributed by atoms with Crippen LogP contribution in [0.2, 0.25) is 0 Å². The number of hydrogen-bond acceptors (Lipinski definition) is 4. The second kappa shape index (κ2) is 5.05. The van der Waals surface area contributed by atoms with Crippen molar-refractivity contribution in [1.29, 1.82) is 0 Å². The number of ketones is 1. The van der Waals surface area contributed by atoms with E-state index < -0.39 is 0 Å². The minimum absolute atomic E-state index is 0.210. The number of carbonyl (C=O) groups is 1. The van der Waals surface area contributed by atoms with Gasteiger partial charge in [-0.3, -0.25) is 4.79 Å². The SMILES string of the molecule is Cc1cc(O)ccc1-c1ccc2c(c1)C(=O)/C(=N\O)CC2. The van der Waals surface area contributed by atoms with Crippen LogP contribution in [-0.4, -0.2) is 21.8 Å². The molecule has 2 N–H and O–H groups in total. The van der Waals surface area contributed by atoms with Crippen molar-refractivity contribution in [2.45, 2.75) is 19.8 Å². The first-order valence-electron chi connectivity index (χ1n) is 6.78. The van der Waals surface area contributed by atoms with E-state index in [9.17, 15) is 9.90 Å². The zero-order valence-corrected chi connectivity index (χ0v) is 11.6. The third kappa shape index (κ3) is 2.29. The molecule has 0 heterocycles. The van der Waals surface area contributed by atoms with Gasteiger partial charge >= 0.3 is 0 Å². The molecule has 0 saturated heterocycles. The van der Waals surface area contributed by atoms with E-state index in [1.807, 2.05) is 31.2 Å². The van der Waals surface area contributed by atoms with Crippen LogP contribution < -0.4 is 0 Å². The molecular weight excluding hydrogens is 266 g/mol. The summed E-state index contributed by atoms with van der Waals surface area (Å²) in [5.41, 5.74) is 4.61. The molecule has 4 nitrogen and oxygen atoms in total. The average molecular weight is 281 g/mol. The summed E-state index contributed by atoms with van der Waals surface area (Å²) in [5.74, 6) is 0.0111. The van der Waals surface area contributed by atoms with Crippen LogP contribution in [0.25, 0.3) is 11.1 Å². The van der Waals surface area contributed by atoms with Crippen molar-refractivity contribution >= 4 is 11.5 Å². The number of aryl methyl sites for hydroxylation is 2. The molecule has 0 bridgehead atoms. The summed E-state index contributed by atoms with van der Waals surface area (Å²) in [6.45, 7) is 1.91. The van der Waals surface area contributed by atoms with Gasteiger partial charge in [0.15, 0.2) is 0 Å². The van der Waals surface area contributed by atoms with E-state index >= 15 is 0 Å². The highest BCUT2D eigenvalue weighted by Gasteiger charge is 2.24. The van der Waals surface area contributed by atoms with E-state index in [2.05, 4.69) is 5.16 Å². The lowest BCUT2D eigenvalue weighted by Gasteiger charge is -2.17. The number of phenols is 1. The average Bonchev–Trinajstić information content (AvgIpc) is 2.48. The van der Waals surface area contributed by atoms with Crippen molar-refractivity contribution in [2.75, 3.05) is 0 Å². The molecule has 3 rings (SSSR count). The molecule has 0 aromatic heterocycles. The van der Waals surface area contributed by atoms with E-state index in [-0.39, 0.29) is 17.2 Å². The summed E-state index contributed by atoms with van der Waals surface area (Å²) in [5, 5.41) is 21.5. The number of aromatic hydroxyl groups is 1. The summed E-state index contributed by atoms with van der Waals surface area (Å²) in [7, 11) is 0. The Labute approximate surface area is 122 Å². The van der Waals surface area contributed by atoms with Crippen molar-refractivity contribution in [3.8, 4) is 16.9 Å². The van der Waals surface area contributed by atoms with E-state index in [0.29, 0.717) is 18.4 Å². The summed E-state index contributed by atoms with van der Waals surface area (Å²) in [6.07, 6.45) is 1.18. The Bertz CT molecular complexity index is 763. The highest BCUT2D eigenvalue weighted by Crippen LogP contribution is 2.30. The van der Waals surface area contributed by atoms with E-state index in [0.717, 1.165) is 22.3 Å². The number of rotatable bonds is 1. The van der Waals surface area contributed by atoms with Crippen LogP contribution in [0.1, 0.15) is 27.9 Å². The number of Topliss-reactive ketones (excluding diaryl/α,β-unsaturated/α-hetero) is 1. The van der Waals surface area contributed by atoms with Gasteiger partial charge in [-0.05, 0) is 53.8 Å². The lowest BCUT2D eigenvalue weighted by molar-refractivity contribution is 0.105. The smallest absolute Gasteiger partial charge is 0.210 e. The Morgan fingerprint density at radius 2 is 1.86 bits per heavy atom. The van der Waals surface area contributed by atoms with E-state index in [4.69, 9.17) is 5.21 Å². The Hall–Kier alpha value is -2.62. The van der Waals surface area contributed by atoms with Gasteiger partial charge < -0.3 is 10.3 Å². The summed E-state index contributed by atoms with van der Waals surface area (Å²) >= 11 is 0. The van der Waals surface area contributed by atoms with Crippen LogP contribution >= 0.6 is 0 Å². The van der Waals surface area contributed by atoms with Crippen LogP contribution in [0.15, 0.2) is 41.6 Å². The molecule has 0 unspecified atom stereocenters. The molecule has 0 radical (unpaired) electrons. The Morgan fingerprint density at radius 3 is 2.57 bits per heavy atom. The van der Waals surface area contributed by atoms with E-state index in [1.54, 1.807) is 12.1 Å². The molecule has 0 saturated carbocycles. The Kier molecular flexibility index (Phi) is 3.22. The quantitative estimate of drug-likeness (QED) is 0.622. The van der Waals surface area contributed by atoms with Gasteiger partial charge in [0.25, 0.3) is 0 Å². The zero-order chi connectivity index (χ0) is 15.0. The van der Waals surface area contributed by atoms with Crippen molar-refractivity contribution < 1.29 is 15.1 Å². The van der Waals surface area contributed by atoms with Gasteiger partial charge in [-0.1, -0.05) is 23.4 Å². The number of nitrogens with zero attached hydrogens (tertiary/aromatic N) is 1. The highest BCUT2D eigenvalue weighted by molar-refractivity contribution is 6.47. The molecule has 0 spiro atoms. The van der Waals surface area contributed by atoms with Crippen LogP contribution in [0.3, 0.4) is 0 Å². The molecule has 2 aromatic carbocycles. The number of hydrogen-bond donors (Lipinski definition) is 2. The Morgan fingerprint density at radius 1 is 1.05 bits per heavy atom.